The van der Waals surface area contributed by atoms with Gasteiger partial charge in [0, 0.05) is 29.7 Å². The molecule has 2 aromatic carbocycles. The summed E-state index contributed by atoms with van der Waals surface area (Å²) in [7, 11) is -3.22. The van der Waals surface area contributed by atoms with Crippen LogP contribution in [-0.4, -0.2) is 41.5 Å². The highest BCUT2D eigenvalue weighted by Gasteiger charge is 2.12. The van der Waals surface area contributed by atoms with Gasteiger partial charge < -0.3 is 25.5 Å². The molecule has 0 radical (unpaired) electrons. The van der Waals surface area contributed by atoms with Crippen LogP contribution in [-0.2, 0) is 16.4 Å². The van der Waals surface area contributed by atoms with Crippen molar-refractivity contribution in [2.75, 3.05) is 23.5 Å². The van der Waals surface area contributed by atoms with Gasteiger partial charge in [-0.3, -0.25) is 4.98 Å². The summed E-state index contributed by atoms with van der Waals surface area (Å²) in [5.41, 5.74) is 8.25. The SMILES string of the molecule is NCS(=O)(=O)CCNCc1coc(-c2cc3c(Nc4ccc(Oc5ccccc5)cc4)ncnc3cn2)c1. The fraction of sp³-hybridized carbons (Fsp3) is 0.148. The molecule has 11 heteroatoms. The van der Waals surface area contributed by atoms with Crippen LogP contribution in [0.3, 0.4) is 0 Å². The normalized spacial score (nSPS) is 11.5. The summed E-state index contributed by atoms with van der Waals surface area (Å²) in [6, 6.07) is 20.9. The van der Waals surface area contributed by atoms with E-state index in [0.717, 1.165) is 28.1 Å². The van der Waals surface area contributed by atoms with Gasteiger partial charge >= 0.3 is 0 Å². The second-order valence-electron chi connectivity index (χ2n) is 8.48. The van der Waals surface area contributed by atoms with Gasteiger partial charge in [-0.05, 0) is 48.5 Å². The molecular weight excluding hydrogens is 504 g/mol. The second kappa shape index (κ2) is 11.4. The number of nitrogens with two attached hydrogens (primary N) is 1. The van der Waals surface area contributed by atoms with Crippen LogP contribution >= 0.6 is 0 Å². The van der Waals surface area contributed by atoms with E-state index in [2.05, 4.69) is 25.6 Å². The molecule has 3 aromatic heterocycles. The molecule has 0 aliphatic rings. The Morgan fingerprint density at radius 1 is 0.947 bits per heavy atom. The highest BCUT2D eigenvalue weighted by Crippen LogP contribution is 2.29. The molecular formula is C27H26N6O4S. The van der Waals surface area contributed by atoms with Gasteiger partial charge in [-0.1, -0.05) is 18.2 Å². The van der Waals surface area contributed by atoms with Gasteiger partial charge in [0.15, 0.2) is 15.6 Å². The quantitative estimate of drug-likeness (QED) is 0.212. The molecule has 0 aliphatic carbocycles. The molecule has 194 valence electrons. The Balaban J connectivity index is 1.28. The molecule has 0 fully saturated rings. The molecule has 10 nitrogen and oxygen atoms in total. The monoisotopic (exact) mass is 530 g/mol. The van der Waals surface area contributed by atoms with Crippen molar-refractivity contribution in [3.63, 3.8) is 0 Å². The molecule has 0 amide bonds. The lowest BCUT2D eigenvalue weighted by Crippen LogP contribution is -2.26. The van der Waals surface area contributed by atoms with Crippen LogP contribution in [0.4, 0.5) is 11.5 Å². The van der Waals surface area contributed by atoms with Crippen molar-refractivity contribution < 1.29 is 17.6 Å². The van der Waals surface area contributed by atoms with Crippen molar-refractivity contribution in [2.24, 2.45) is 5.73 Å². The van der Waals surface area contributed by atoms with E-state index < -0.39 is 9.84 Å². The average Bonchev–Trinajstić information content (AvgIpc) is 3.42. The highest BCUT2D eigenvalue weighted by atomic mass is 32.2. The van der Waals surface area contributed by atoms with Crippen LogP contribution in [0.1, 0.15) is 5.56 Å². The van der Waals surface area contributed by atoms with E-state index in [0.29, 0.717) is 35.9 Å². The van der Waals surface area contributed by atoms with E-state index in [4.69, 9.17) is 14.9 Å². The molecule has 0 aliphatic heterocycles. The zero-order valence-electron chi connectivity index (χ0n) is 20.4. The van der Waals surface area contributed by atoms with Gasteiger partial charge in [-0.15, -0.1) is 0 Å². The number of hydrogen-bond donors (Lipinski definition) is 3. The van der Waals surface area contributed by atoms with Gasteiger partial charge in [0.1, 0.15) is 29.3 Å². The Labute approximate surface area is 219 Å². The summed E-state index contributed by atoms with van der Waals surface area (Å²) in [4.78, 5) is 13.2. The van der Waals surface area contributed by atoms with Crippen molar-refractivity contribution in [3.8, 4) is 23.0 Å². The van der Waals surface area contributed by atoms with E-state index in [1.807, 2.05) is 66.7 Å². The van der Waals surface area contributed by atoms with Crippen LogP contribution in [0, 0.1) is 0 Å². The molecule has 0 bridgehead atoms. The van der Waals surface area contributed by atoms with Crippen molar-refractivity contribution in [1.29, 1.82) is 0 Å². The lowest BCUT2D eigenvalue weighted by molar-refractivity contribution is 0.483. The second-order valence-corrected chi connectivity index (χ2v) is 10.7. The van der Waals surface area contributed by atoms with Gasteiger partial charge in [0.25, 0.3) is 0 Å². The number of anilines is 2. The van der Waals surface area contributed by atoms with E-state index in [1.54, 1.807) is 12.5 Å². The first-order valence-corrected chi connectivity index (χ1v) is 13.7. The van der Waals surface area contributed by atoms with Crippen molar-refractivity contribution in [3.05, 3.63) is 91.1 Å². The standard InChI is InChI=1S/C27H26N6O4S/c28-17-38(34,35)11-10-29-14-19-12-26(36-16-19)24-13-23-25(15-30-24)31-18-32-27(23)33-20-6-8-22(9-7-20)37-21-4-2-1-3-5-21/h1-9,12-13,15-16,18,29H,10-11,14,17,28H2,(H,31,32,33). The minimum absolute atomic E-state index is 0.0149. The predicted octanol–water partition coefficient (Wildman–Crippen LogP) is 4.24. The number of hydrogen-bond acceptors (Lipinski definition) is 10. The Morgan fingerprint density at radius 2 is 1.74 bits per heavy atom. The zero-order valence-corrected chi connectivity index (χ0v) is 21.2. The third kappa shape index (κ3) is 6.32. The smallest absolute Gasteiger partial charge is 0.164 e. The third-order valence-corrected chi connectivity index (χ3v) is 7.03. The number of pyridine rings is 1. The number of furan rings is 1. The van der Waals surface area contributed by atoms with Gasteiger partial charge in [0.2, 0.25) is 0 Å². The van der Waals surface area contributed by atoms with E-state index in [1.165, 1.54) is 6.33 Å². The van der Waals surface area contributed by atoms with E-state index >= 15 is 0 Å². The van der Waals surface area contributed by atoms with Crippen LogP contribution in [0.25, 0.3) is 22.4 Å². The van der Waals surface area contributed by atoms with Crippen LogP contribution in [0.15, 0.2) is 89.9 Å². The van der Waals surface area contributed by atoms with Crippen molar-refractivity contribution in [1.82, 2.24) is 20.3 Å². The molecule has 0 spiro atoms. The number of aromatic nitrogens is 3. The molecule has 0 unspecified atom stereocenters. The summed E-state index contributed by atoms with van der Waals surface area (Å²) in [6.07, 6.45) is 4.78. The van der Waals surface area contributed by atoms with Gasteiger partial charge in [0.05, 0.1) is 29.6 Å². The molecule has 5 aromatic rings. The molecule has 38 heavy (non-hydrogen) atoms. The molecule has 0 saturated carbocycles. The molecule has 3 heterocycles. The Bertz CT molecular complexity index is 1620. The lowest BCUT2D eigenvalue weighted by atomic mass is 10.2. The maximum absolute atomic E-state index is 11.5. The summed E-state index contributed by atoms with van der Waals surface area (Å²) >= 11 is 0. The number of sulfone groups is 1. The first-order valence-electron chi connectivity index (χ1n) is 11.9. The Morgan fingerprint density at radius 3 is 2.53 bits per heavy atom. The largest absolute Gasteiger partial charge is 0.462 e. The number of ether oxygens (including phenoxy) is 1. The fourth-order valence-electron chi connectivity index (χ4n) is 3.71. The first-order chi connectivity index (χ1) is 18.5. The third-order valence-electron chi connectivity index (χ3n) is 5.70. The number of para-hydroxylation sites is 1. The van der Waals surface area contributed by atoms with Gasteiger partial charge in [-0.25, -0.2) is 18.4 Å². The minimum atomic E-state index is -3.22. The lowest BCUT2D eigenvalue weighted by Gasteiger charge is -2.10. The van der Waals surface area contributed by atoms with Crippen LogP contribution in [0.5, 0.6) is 11.5 Å². The Hall–Kier alpha value is -4.32. The van der Waals surface area contributed by atoms with Crippen molar-refractivity contribution >= 4 is 32.2 Å². The fourth-order valence-corrected chi connectivity index (χ4v) is 4.33. The zero-order chi connectivity index (χ0) is 26.4. The number of rotatable bonds is 11. The maximum atomic E-state index is 11.5. The number of nitrogens with zero attached hydrogens (tertiary/aromatic N) is 3. The summed E-state index contributed by atoms with van der Waals surface area (Å²) in [5.74, 6) is 2.34. The highest BCUT2D eigenvalue weighted by molar-refractivity contribution is 7.91. The number of benzene rings is 2. The van der Waals surface area contributed by atoms with E-state index in [-0.39, 0.29) is 11.6 Å². The van der Waals surface area contributed by atoms with Crippen LogP contribution in [0.2, 0.25) is 0 Å². The first kappa shape index (κ1) is 25.3. The summed E-state index contributed by atoms with van der Waals surface area (Å²) < 4.78 is 34.6. The summed E-state index contributed by atoms with van der Waals surface area (Å²) in [5, 5.41) is 7.21. The number of fused-ring (bicyclic) bond motifs is 1. The minimum Gasteiger partial charge on any atom is -0.462 e. The van der Waals surface area contributed by atoms with Crippen molar-refractivity contribution in [2.45, 2.75) is 6.54 Å². The predicted molar refractivity (Wildman–Crippen MR) is 146 cm³/mol. The average molecular weight is 531 g/mol. The van der Waals surface area contributed by atoms with E-state index in [9.17, 15) is 8.42 Å². The molecule has 4 N–H and O–H groups in total. The summed E-state index contributed by atoms with van der Waals surface area (Å²) in [6.45, 7) is 0.761. The molecule has 0 saturated heterocycles. The molecule has 0 atom stereocenters. The Kier molecular flexibility index (Phi) is 7.59. The number of nitrogens with one attached hydrogen (secondary N) is 2. The maximum Gasteiger partial charge on any atom is 0.164 e. The topological polar surface area (TPSA) is 145 Å². The van der Waals surface area contributed by atoms with Gasteiger partial charge in [-0.2, -0.15) is 0 Å². The molecule has 5 rings (SSSR count). The van der Waals surface area contributed by atoms with Crippen LogP contribution < -0.4 is 21.1 Å².